The third-order valence-electron chi connectivity index (χ3n) is 2.67. The van der Waals surface area contributed by atoms with Gasteiger partial charge in [0.1, 0.15) is 23.9 Å². The van der Waals surface area contributed by atoms with E-state index in [0.717, 1.165) is 30.2 Å². The summed E-state index contributed by atoms with van der Waals surface area (Å²) in [6.07, 6.45) is 3.20. The third-order valence-corrected chi connectivity index (χ3v) is 2.87. The molecule has 2 aromatic heterocycles. The van der Waals surface area contributed by atoms with Crippen molar-refractivity contribution in [3.63, 3.8) is 0 Å². The van der Waals surface area contributed by atoms with Crippen LogP contribution in [0.5, 0.6) is 5.75 Å². The molecule has 19 heavy (non-hydrogen) atoms. The zero-order valence-corrected chi connectivity index (χ0v) is 11.8. The Hall–Kier alpha value is -1.52. The minimum absolute atomic E-state index is 0.370. The average molecular weight is 281 g/mol. The van der Waals surface area contributed by atoms with Gasteiger partial charge in [0.15, 0.2) is 0 Å². The zero-order chi connectivity index (χ0) is 13.7. The van der Waals surface area contributed by atoms with Crippen LogP contribution < -0.4 is 10.1 Å². The van der Waals surface area contributed by atoms with Crippen LogP contribution in [0.1, 0.15) is 24.0 Å². The molecule has 2 rings (SSSR count). The number of aryl methyl sites for hydroxylation is 1. The van der Waals surface area contributed by atoms with Gasteiger partial charge < -0.3 is 14.5 Å². The Morgan fingerprint density at radius 3 is 2.95 bits per heavy atom. The summed E-state index contributed by atoms with van der Waals surface area (Å²) in [6.45, 7) is 6.12. The molecular formula is C14H17ClN2O2. The van der Waals surface area contributed by atoms with Gasteiger partial charge in [-0.15, -0.1) is 0 Å². The fourth-order valence-corrected chi connectivity index (χ4v) is 1.86. The van der Waals surface area contributed by atoms with Gasteiger partial charge in [-0.25, -0.2) is 0 Å². The largest absolute Gasteiger partial charge is 0.484 e. The van der Waals surface area contributed by atoms with Crippen molar-refractivity contribution >= 4 is 11.6 Å². The fraction of sp³-hybridized carbons (Fsp3) is 0.357. The Morgan fingerprint density at radius 1 is 1.37 bits per heavy atom. The molecule has 102 valence electrons. The lowest BCUT2D eigenvalue weighted by Gasteiger charge is -2.03. The van der Waals surface area contributed by atoms with Crippen LogP contribution in [0.3, 0.4) is 0 Å². The average Bonchev–Trinajstić information content (AvgIpc) is 2.75. The minimum Gasteiger partial charge on any atom is -0.484 e. The molecule has 2 heterocycles. The molecule has 0 atom stereocenters. The molecule has 0 unspecified atom stereocenters. The second kappa shape index (κ2) is 6.59. The Labute approximate surface area is 117 Å². The van der Waals surface area contributed by atoms with Gasteiger partial charge in [0.05, 0.1) is 17.8 Å². The maximum atomic E-state index is 5.84. The quantitative estimate of drug-likeness (QED) is 0.882. The number of ether oxygens (including phenoxy) is 1. The van der Waals surface area contributed by atoms with Crippen molar-refractivity contribution in [3.05, 3.63) is 46.6 Å². The number of pyridine rings is 1. The summed E-state index contributed by atoms with van der Waals surface area (Å²) in [5.41, 5.74) is 1.13. The monoisotopic (exact) mass is 280 g/mol. The van der Waals surface area contributed by atoms with Gasteiger partial charge in [-0.2, -0.15) is 0 Å². The highest BCUT2D eigenvalue weighted by molar-refractivity contribution is 6.30. The Morgan fingerprint density at radius 2 is 2.21 bits per heavy atom. The molecule has 0 saturated heterocycles. The van der Waals surface area contributed by atoms with Crippen LogP contribution in [0.2, 0.25) is 5.02 Å². The molecule has 0 aromatic carbocycles. The summed E-state index contributed by atoms with van der Waals surface area (Å²) in [4.78, 5) is 3.96. The number of nitrogens with one attached hydrogen (secondary N) is 1. The lowest BCUT2D eigenvalue weighted by Crippen LogP contribution is -2.11. The third kappa shape index (κ3) is 3.98. The van der Waals surface area contributed by atoms with Gasteiger partial charge in [-0.1, -0.05) is 18.5 Å². The predicted octanol–water partition coefficient (Wildman–Crippen LogP) is 3.32. The van der Waals surface area contributed by atoms with Crippen molar-refractivity contribution in [1.82, 2.24) is 10.3 Å². The van der Waals surface area contributed by atoms with Crippen LogP contribution in [0.4, 0.5) is 0 Å². The van der Waals surface area contributed by atoms with E-state index in [0.29, 0.717) is 17.4 Å². The van der Waals surface area contributed by atoms with Crippen LogP contribution in [-0.4, -0.2) is 11.5 Å². The van der Waals surface area contributed by atoms with Gasteiger partial charge in [0.25, 0.3) is 0 Å². The summed E-state index contributed by atoms with van der Waals surface area (Å²) >= 11 is 5.84. The van der Waals surface area contributed by atoms with E-state index in [9.17, 15) is 0 Å². The maximum absolute atomic E-state index is 5.84. The van der Waals surface area contributed by atoms with Crippen molar-refractivity contribution in [2.75, 3.05) is 6.54 Å². The molecule has 0 radical (unpaired) electrons. The number of aromatic nitrogens is 1. The van der Waals surface area contributed by atoms with Crippen LogP contribution in [0.15, 0.2) is 28.9 Å². The Kier molecular flexibility index (Phi) is 4.82. The standard InChI is InChI=1S/C14H17ClN2O2/c1-3-16-8-14-10(2)4-13(19-14)9-18-12-5-11(15)6-17-7-12/h4-7,16H,3,8-9H2,1-2H3. The van der Waals surface area contributed by atoms with Gasteiger partial charge in [-0.05, 0) is 25.1 Å². The van der Waals surface area contributed by atoms with E-state index in [-0.39, 0.29) is 0 Å². The highest BCUT2D eigenvalue weighted by Crippen LogP contribution is 2.19. The van der Waals surface area contributed by atoms with Crippen molar-refractivity contribution in [2.24, 2.45) is 0 Å². The van der Waals surface area contributed by atoms with E-state index in [1.165, 1.54) is 0 Å². The van der Waals surface area contributed by atoms with Gasteiger partial charge >= 0.3 is 0 Å². The summed E-state index contributed by atoms with van der Waals surface area (Å²) in [6, 6.07) is 3.72. The molecule has 0 bridgehead atoms. The summed E-state index contributed by atoms with van der Waals surface area (Å²) in [5.74, 6) is 2.38. The van der Waals surface area contributed by atoms with E-state index in [2.05, 4.69) is 17.2 Å². The van der Waals surface area contributed by atoms with Crippen molar-refractivity contribution in [3.8, 4) is 5.75 Å². The summed E-state index contributed by atoms with van der Waals surface area (Å²) in [5, 5.41) is 3.79. The first kappa shape index (κ1) is 13.9. The lowest BCUT2D eigenvalue weighted by molar-refractivity contribution is 0.264. The minimum atomic E-state index is 0.370. The SMILES string of the molecule is CCNCc1oc(COc2cncc(Cl)c2)cc1C. The first-order valence-electron chi connectivity index (χ1n) is 6.21. The van der Waals surface area contributed by atoms with Crippen LogP contribution in [0.25, 0.3) is 0 Å². The van der Waals surface area contributed by atoms with Crippen LogP contribution >= 0.6 is 11.6 Å². The van der Waals surface area contributed by atoms with E-state index in [4.69, 9.17) is 20.8 Å². The second-order valence-corrected chi connectivity index (χ2v) is 4.66. The fourth-order valence-electron chi connectivity index (χ4n) is 1.70. The first-order chi connectivity index (χ1) is 9.19. The molecule has 5 heteroatoms. The van der Waals surface area contributed by atoms with E-state index in [1.807, 2.05) is 13.0 Å². The van der Waals surface area contributed by atoms with Crippen LogP contribution in [-0.2, 0) is 13.2 Å². The smallest absolute Gasteiger partial charge is 0.146 e. The van der Waals surface area contributed by atoms with E-state index in [1.54, 1.807) is 18.5 Å². The van der Waals surface area contributed by atoms with E-state index >= 15 is 0 Å². The Bertz CT molecular complexity index is 540. The molecular weight excluding hydrogens is 264 g/mol. The lowest BCUT2D eigenvalue weighted by atomic mass is 10.2. The Balaban J connectivity index is 1.96. The highest BCUT2D eigenvalue weighted by atomic mass is 35.5. The number of halogens is 1. The predicted molar refractivity (Wildman–Crippen MR) is 74.4 cm³/mol. The summed E-state index contributed by atoms with van der Waals surface area (Å²) in [7, 11) is 0. The van der Waals surface area contributed by atoms with Gasteiger partial charge in [0.2, 0.25) is 0 Å². The molecule has 0 aliphatic carbocycles. The van der Waals surface area contributed by atoms with Crippen molar-refractivity contribution in [2.45, 2.75) is 27.0 Å². The molecule has 2 aromatic rings. The molecule has 0 fully saturated rings. The number of hydrogen-bond acceptors (Lipinski definition) is 4. The zero-order valence-electron chi connectivity index (χ0n) is 11.1. The number of nitrogens with zero attached hydrogens (tertiary/aromatic N) is 1. The number of furan rings is 1. The van der Waals surface area contributed by atoms with E-state index < -0.39 is 0 Å². The number of hydrogen-bond donors (Lipinski definition) is 1. The normalized spacial score (nSPS) is 10.7. The van der Waals surface area contributed by atoms with Gasteiger partial charge in [-0.3, -0.25) is 4.98 Å². The molecule has 1 N–H and O–H groups in total. The molecule has 0 saturated carbocycles. The molecule has 0 amide bonds. The van der Waals surface area contributed by atoms with Gasteiger partial charge in [0, 0.05) is 12.3 Å². The number of rotatable bonds is 6. The maximum Gasteiger partial charge on any atom is 0.146 e. The summed E-state index contributed by atoms with van der Waals surface area (Å²) < 4.78 is 11.3. The highest BCUT2D eigenvalue weighted by Gasteiger charge is 2.08. The molecule has 0 aliphatic heterocycles. The molecule has 4 nitrogen and oxygen atoms in total. The van der Waals surface area contributed by atoms with Crippen LogP contribution in [0, 0.1) is 6.92 Å². The second-order valence-electron chi connectivity index (χ2n) is 4.23. The molecule has 0 spiro atoms. The van der Waals surface area contributed by atoms with Crippen molar-refractivity contribution < 1.29 is 9.15 Å². The first-order valence-corrected chi connectivity index (χ1v) is 6.59. The topological polar surface area (TPSA) is 47.3 Å². The van der Waals surface area contributed by atoms with Crippen molar-refractivity contribution in [1.29, 1.82) is 0 Å². The molecule has 0 aliphatic rings.